The van der Waals surface area contributed by atoms with Crippen molar-refractivity contribution in [2.24, 2.45) is 0 Å². The first-order valence-electron chi connectivity index (χ1n) is 9.65. The van der Waals surface area contributed by atoms with Gasteiger partial charge in [0.25, 0.3) is 0 Å². The molecule has 1 amide bonds. The fourth-order valence-electron chi connectivity index (χ4n) is 3.05. The minimum Gasteiger partial charge on any atom is -0.461 e. The third-order valence-corrected chi connectivity index (χ3v) is 5.66. The zero-order valence-corrected chi connectivity index (χ0v) is 17.6. The van der Waals surface area contributed by atoms with E-state index in [1.54, 1.807) is 6.26 Å². The van der Waals surface area contributed by atoms with E-state index in [-0.39, 0.29) is 11.2 Å². The van der Waals surface area contributed by atoms with E-state index in [0.717, 1.165) is 16.8 Å². The molecule has 0 fully saturated rings. The summed E-state index contributed by atoms with van der Waals surface area (Å²) < 4.78 is 7.52. The van der Waals surface area contributed by atoms with Crippen molar-refractivity contribution in [2.75, 3.05) is 5.32 Å². The van der Waals surface area contributed by atoms with Crippen LogP contribution in [0.4, 0.5) is 5.69 Å². The highest BCUT2D eigenvalue weighted by Crippen LogP contribution is 2.28. The molecule has 0 saturated heterocycles. The molecule has 0 aliphatic heterocycles. The van der Waals surface area contributed by atoms with Gasteiger partial charge in [0, 0.05) is 5.69 Å². The SMILES string of the molecule is Cc1cccc(NC(=O)[C@H](C)Sc2nnc(-c3ccco3)n2Cc2ccccc2)c1. The summed E-state index contributed by atoms with van der Waals surface area (Å²) in [6, 6.07) is 21.5. The second-order valence-electron chi connectivity index (χ2n) is 6.97. The van der Waals surface area contributed by atoms with E-state index >= 15 is 0 Å². The molecule has 0 bridgehead atoms. The van der Waals surface area contributed by atoms with Crippen LogP contribution in [0.2, 0.25) is 0 Å². The Kier molecular flexibility index (Phi) is 5.99. The van der Waals surface area contributed by atoms with E-state index in [1.807, 2.05) is 85.1 Å². The number of benzene rings is 2. The van der Waals surface area contributed by atoms with Crippen LogP contribution in [0.5, 0.6) is 0 Å². The van der Waals surface area contributed by atoms with Gasteiger partial charge in [0.05, 0.1) is 18.1 Å². The summed E-state index contributed by atoms with van der Waals surface area (Å²) in [5.74, 6) is 1.19. The van der Waals surface area contributed by atoms with E-state index < -0.39 is 0 Å². The van der Waals surface area contributed by atoms with Gasteiger partial charge in [-0.3, -0.25) is 9.36 Å². The zero-order chi connectivity index (χ0) is 20.9. The van der Waals surface area contributed by atoms with Crippen molar-refractivity contribution in [1.29, 1.82) is 0 Å². The molecule has 1 N–H and O–H groups in total. The number of aromatic nitrogens is 3. The van der Waals surface area contributed by atoms with Gasteiger partial charge in [0.2, 0.25) is 11.7 Å². The lowest BCUT2D eigenvalue weighted by atomic mass is 10.2. The van der Waals surface area contributed by atoms with Crippen molar-refractivity contribution < 1.29 is 9.21 Å². The molecular formula is C23H22N4O2S. The molecule has 0 unspecified atom stereocenters. The van der Waals surface area contributed by atoms with Crippen LogP contribution in [-0.2, 0) is 11.3 Å². The monoisotopic (exact) mass is 418 g/mol. The maximum atomic E-state index is 12.7. The average molecular weight is 419 g/mol. The summed E-state index contributed by atoms with van der Waals surface area (Å²) in [6.07, 6.45) is 1.61. The first kappa shape index (κ1) is 20.0. The minimum atomic E-state index is -0.353. The van der Waals surface area contributed by atoms with Crippen LogP contribution >= 0.6 is 11.8 Å². The molecule has 0 aliphatic carbocycles. The molecule has 0 aliphatic rings. The lowest BCUT2D eigenvalue weighted by Crippen LogP contribution is -2.23. The van der Waals surface area contributed by atoms with Gasteiger partial charge in [0.15, 0.2) is 10.9 Å². The zero-order valence-electron chi connectivity index (χ0n) is 16.8. The Morgan fingerprint density at radius 2 is 1.93 bits per heavy atom. The maximum Gasteiger partial charge on any atom is 0.237 e. The molecule has 2 aromatic heterocycles. The molecule has 6 nitrogen and oxygen atoms in total. The first-order chi connectivity index (χ1) is 14.6. The Bertz CT molecular complexity index is 1120. The number of amides is 1. The van der Waals surface area contributed by atoms with Crippen molar-refractivity contribution in [3.8, 4) is 11.6 Å². The van der Waals surface area contributed by atoms with Crippen molar-refractivity contribution >= 4 is 23.4 Å². The number of hydrogen-bond donors (Lipinski definition) is 1. The number of rotatable bonds is 7. The lowest BCUT2D eigenvalue weighted by Gasteiger charge is -2.14. The van der Waals surface area contributed by atoms with Crippen molar-refractivity contribution in [1.82, 2.24) is 14.8 Å². The van der Waals surface area contributed by atoms with Gasteiger partial charge in [-0.2, -0.15) is 0 Å². The van der Waals surface area contributed by atoms with E-state index in [2.05, 4.69) is 15.5 Å². The number of aryl methyl sites for hydroxylation is 1. The largest absolute Gasteiger partial charge is 0.461 e. The van der Waals surface area contributed by atoms with Gasteiger partial charge in [-0.1, -0.05) is 54.2 Å². The highest BCUT2D eigenvalue weighted by atomic mass is 32.2. The summed E-state index contributed by atoms with van der Waals surface area (Å²) in [5, 5.41) is 12.0. The van der Waals surface area contributed by atoms with Crippen molar-refractivity contribution in [2.45, 2.75) is 30.8 Å². The summed E-state index contributed by atoms with van der Waals surface area (Å²) >= 11 is 1.37. The Morgan fingerprint density at radius 3 is 2.67 bits per heavy atom. The molecule has 30 heavy (non-hydrogen) atoms. The Morgan fingerprint density at radius 1 is 1.10 bits per heavy atom. The molecule has 0 spiro atoms. The molecule has 2 heterocycles. The number of nitrogens with zero attached hydrogens (tertiary/aromatic N) is 3. The molecule has 0 radical (unpaired) electrons. The number of thioether (sulfide) groups is 1. The van der Waals surface area contributed by atoms with E-state index in [4.69, 9.17) is 4.42 Å². The fourth-order valence-corrected chi connectivity index (χ4v) is 3.90. The minimum absolute atomic E-state index is 0.0839. The summed E-state index contributed by atoms with van der Waals surface area (Å²) in [4.78, 5) is 12.7. The van der Waals surface area contributed by atoms with Crippen LogP contribution in [0.3, 0.4) is 0 Å². The van der Waals surface area contributed by atoms with Gasteiger partial charge in [-0.15, -0.1) is 10.2 Å². The predicted molar refractivity (Wildman–Crippen MR) is 118 cm³/mol. The fraction of sp³-hybridized carbons (Fsp3) is 0.174. The molecule has 0 saturated carbocycles. The van der Waals surface area contributed by atoms with Gasteiger partial charge in [-0.25, -0.2) is 0 Å². The van der Waals surface area contributed by atoms with Crippen LogP contribution in [-0.4, -0.2) is 25.9 Å². The summed E-state index contributed by atoms with van der Waals surface area (Å²) in [6.45, 7) is 4.44. The van der Waals surface area contributed by atoms with Gasteiger partial charge < -0.3 is 9.73 Å². The second-order valence-corrected chi connectivity index (χ2v) is 8.28. The number of anilines is 1. The third-order valence-electron chi connectivity index (χ3n) is 4.58. The molecule has 1 atom stereocenters. The smallest absolute Gasteiger partial charge is 0.237 e. The standard InChI is InChI=1S/C23H22N4O2S/c1-16-8-6-11-19(14-16)24-22(28)17(2)30-23-26-25-21(20-12-7-13-29-20)27(23)15-18-9-4-3-5-10-18/h3-14,17H,15H2,1-2H3,(H,24,28)/t17-/m0/s1. The number of nitrogens with one attached hydrogen (secondary N) is 1. The molecular weight excluding hydrogens is 396 g/mol. The predicted octanol–water partition coefficient (Wildman–Crippen LogP) is 5.01. The van der Waals surface area contributed by atoms with Crippen LogP contribution in [0.15, 0.2) is 82.6 Å². The quantitative estimate of drug-likeness (QED) is 0.427. The second kappa shape index (κ2) is 9.00. The van der Waals surface area contributed by atoms with Crippen LogP contribution in [0.25, 0.3) is 11.6 Å². The van der Waals surface area contributed by atoms with Crippen LogP contribution in [0.1, 0.15) is 18.1 Å². The number of hydrogen-bond acceptors (Lipinski definition) is 5. The average Bonchev–Trinajstić information content (AvgIpc) is 3.39. The van der Waals surface area contributed by atoms with E-state index in [0.29, 0.717) is 23.3 Å². The van der Waals surface area contributed by atoms with E-state index in [1.165, 1.54) is 11.8 Å². The van der Waals surface area contributed by atoms with Crippen molar-refractivity contribution in [3.05, 3.63) is 84.1 Å². The number of furan rings is 1. The molecule has 4 rings (SSSR count). The Hall–Kier alpha value is -3.32. The normalized spacial score (nSPS) is 11.9. The molecule has 152 valence electrons. The first-order valence-corrected chi connectivity index (χ1v) is 10.5. The van der Waals surface area contributed by atoms with Gasteiger partial charge in [-0.05, 0) is 49.2 Å². The Balaban J connectivity index is 1.56. The number of carbonyl (C=O) groups excluding carboxylic acids is 1. The molecule has 7 heteroatoms. The Labute approximate surface area is 179 Å². The topological polar surface area (TPSA) is 73.0 Å². The summed E-state index contributed by atoms with van der Waals surface area (Å²) in [5.41, 5.74) is 3.00. The highest BCUT2D eigenvalue weighted by Gasteiger charge is 2.22. The van der Waals surface area contributed by atoms with Crippen molar-refractivity contribution in [3.63, 3.8) is 0 Å². The summed E-state index contributed by atoms with van der Waals surface area (Å²) in [7, 11) is 0. The maximum absolute atomic E-state index is 12.7. The number of carbonyl (C=O) groups is 1. The molecule has 2 aromatic carbocycles. The van der Waals surface area contributed by atoms with Crippen LogP contribution in [0, 0.1) is 6.92 Å². The van der Waals surface area contributed by atoms with Crippen LogP contribution < -0.4 is 5.32 Å². The van der Waals surface area contributed by atoms with E-state index in [9.17, 15) is 4.79 Å². The van der Waals surface area contributed by atoms with Gasteiger partial charge >= 0.3 is 0 Å². The highest BCUT2D eigenvalue weighted by molar-refractivity contribution is 8.00. The third kappa shape index (κ3) is 4.63. The van der Waals surface area contributed by atoms with Gasteiger partial charge in [0.1, 0.15) is 0 Å². The lowest BCUT2D eigenvalue weighted by molar-refractivity contribution is -0.115. The molecule has 4 aromatic rings.